The fraction of sp³-hybridized carbons (Fsp3) is 0.238. The van der Waals surface area contributed by atoms with Gasteiger partial charge in [-0.25, -0.2) is 14.4 Å². The molecule has 0 saturated carbocycles. The first-order valence-corrected chi connectivity index (χ1v) is 10.5. The van der Waals surface area contributed by atoms with Gasteiger partial charge in [0.15, 0.2) is 11.5 Å². The highest BCUT2D eigenvalue weighted by molar-refractivity contribution is 7.20. The van der Waals surface area contributed by atoms with Gasteiger partial charge in [-0.2, -0.15) is 0 Å². The van der Waals surface area contributed by atoms with E-state index >= 15 is 0 Å². The van der Waals surface area contributed by atoms with Gasteiger partial charge in [-0.3, -0.25) is 9.78 Å². The summed E-state index contributed by atoms with van der Waals surface area (Å²) in [6, 6.07) is 3.01. The van der Waals surface area contributed by atoms with Crippen LogP contribution in [0.5, 0.6) is 0 Å². The molecule has 1 aliphatic rings. The summed E-state index contributed by atoms with van der Waals surface area (Å²) in [5.41, 5.74) is 9.86. The van der Waals surface area contributed by atoms with Crippen molar-refractivity contribution in [1.82, 2.24) is 19.4 Å². The summed E-state index contributed by atoms with van der Waals surface area (Å²) in [7, 11) is 0. The third-order valence-corrected chi connectivity index (χ3v) is 6.09. The molecule has 0 spiro atoms. The van der Waals surface area contributed by atoms with Gasteiger partial charge in [0.1, 0.15) is 10.3 Å². The van der Waals surface area contributed by atoms with E-state index in [0.717, 1.165) is 30.5 Å². The third kappa shape index (κ3) is 3.46. The number of aryl methyl sites for hydroxylation is 1. The number of carbonyl (C=O) groups excluding carboxylic acids is 1. The van der Waals surface area contributed by atoms with E-state index in [-0.39, 0.29) is 17.6 Å². The molecule has 0 aromatic carbocycles. The summed E-state index contributed by atoms with van der Waals surface area (Å²) in [6.07, 6.45) is 10.0. The number of nitrogens with two attached hydrogens (primary N) is 1. The topological polar surface area (TPSA) is 98.2 Å². The van der Waals surface area contributed by atoms with Crippen molar-refractivity contribution in [2.75, 3.05) is 5.32 Å². The second-order valence-corrected chi connectivity index (χ2v) is 8.48. The Morgan fingerprint density at radius 3 is 3.03 bits per heavy atom. The number of pyridine rings is 1. The lowest BCUT2D eigenvalue weighted by Gasteiger charge is -2.16. The highest BCUT2D eigenvalue weighted by Gasteiger charge is 2.17. The third-order valence-electron chi connectivity index (χ3n) is 5.08. The van der Waals surface area contributed by atoms with Crippen molar-refractivity contribution in [2.24, 2.45) is 5.73 Å². The van der Waals surface area contributed by atoms with Crippen LogP contribution in [0.2, 0.25) is 0 Å². The molecule has 0 fully saturated rings. The minimum absolute atomic E-state index is 0.0490. The number of allylic oxidation sites excluding steroid dienone is 1. The highest BCUT2D eigenvalue weighted by Crippen LogP contribution is 2.29. The molecule has 1 atom stereocenters. The Labute approximate surface area is 175 Å². The lowest BCUT2D eigenvalue weighted by molar-refractivity contribution is 0.103. The van der Waals surface area contributed by atoms with Crippen LogP contribution in [0, 0.1) is 12.7 Å². The smallest absolute Gasteiger partial charge is 0.265 e. The first-order valence-electron chi connectivity index (χ1n) is 9.66. The molecule has 4 aromatic heterocycles. The molecule has 152 valence electrons. The molecule has 0 saturated heterocycles. The van der Waals surface area contributed by atoms with Crippen LogP contribution in [0.4, 0.5) is 10.1 Å². The summed E-state index contributed by atoms with van der Waals surface area (Å²) in [5, 5.41) is 2.74. The number of anilines is 1. The Hall–Kier alpha value is -3.17. The molecule has 30 heavy (non-hydrogen) atoms. The van der Waals surface area contributed by atoms with E-state index < -0.39 is 5.82 Å². The molecule has 0 bridgehead atoms. The second kappa shape index (κ2) is 7.26. The highest BCUT2D eigenvalue weighted by atomic mass is 32.1. The Morgan fingerprint density at radius 1 is 1.33 bits per heavy atom. The van der Waals surface area contributed by atoms with Gasteiger partial charge >= 0.3 is 0 Å². The van der Waals surface area contributed by atoms with Crippen LogP contribution >= 0.6 is 11.3 Å². The molecule has 1 aliphatic carbocycles. The maximum Gasteiger partial charge on any atom is 0.265 e. The zero-order valence-electron chi connectivity index (χ0n) is 16.2. The number of hydrogen-bond donors (Lipinski definition) is 2. The van der Waals surface area contributed by atoms with Crippen molar-refractivity contribution in [1.29, 1.82) is 0 Å². The average molecular weight is 422 g/mol. The van der Waals surface area contributed by atoms with Gasteiger partial charge < -0.3 is 15.5 Å². The SMILES string of the molecule is Cc1cn2cc(NC(=O)c3cc4ncc(C5=CC(N)CCC5)nc4s3)cc(F)c2n1. The van der Waals surface area contributed by atoms with Crippen molar-refractivity contribution in [3.8, 4) is 0 Å². The summed E-state index contributed by atoms with van der Waals surface area (Å²) in [6.45, 7) is 1.78. The zero-order chi connectivity index (χ0) is 20.8. The second-order valence-electron chi connectivity index (χ2n) is 7.45. The quantitative estimate of drug-likeness (QED) is 0.521. The number of carbonyl (C=O) groups is 1. The molecular weight excluding hydrogens is 403 g/mol. The molecule has 5 rings (SSSR count). The van der Waals surface area contributed by atoms with Crippen LogP contribution in [0.1, 0.15) is 40.3 Å². The van der Waals surface area contributed by atoms with E-state index in [0.29, 0.717) is 26.6 Å². The molecule has 1 unspecified atom stereocenters. The summed E-state index contributed by atoms with van der Waals surface area (Å²) >= 11 is 1.26. The number of imidazole rings is 1. The van der Waals surface area contributed by atoms with Gasteiger partial charge in [0.25, 0.3) is 5.91 Å². The van der Waals surface area contributed by atoms with Crippen LogP contribution < -0.4 is 11.1 Å². The minimum atomic E-state index is -0.496. The number of hydrogen-bond acceptors (Lipinski definition) is 6. The van der Waals surface area contributed by atoms with Crippen molar-refractivity contribution < 1.29 is 9.18 Å². The fourth-order valence-electron chi connectivity index (χ4n) is 3.69. The maximum absolute atomic E-state index is 14.3. The van der Waals surface area contributed by atoms with Crippen molar-refractivity contribution >= 4 is 44.5 Å². The zero-order valence-corrected chi connectivity index (χ0v) is 17.0. The van der Waals surface area contributed by atoms with E-state index in [4.69, 9.17) is 5.73 Å². The predicted octanol–water partition coefficient (Wildman–Crippen LogP) is 3.93. The van der Waals surface area contributed by atoms with Crippen LogP contribution in [0.25, 0.3) is 21.6 Å². The molecule has 4 heterocycles. The minimum Gasteiger partial charge on any atom is -0.324 e. The summed E-state index contributed by atoms with van der Waals surface area (Å²) in [5.74, 6) is -0.833. The molecular formula is C21H19FN6OS. The monoisotopic (exact) mass is 422 g/mol. The molecule has 1 amide bonds. The predicted molar refractivity (Wildman–Crippen MR) is 115 cm³/mol. The van der Waals surface area contributed by atoms with Gasteiger partial charge in [-0.15, -0.1) is 11.3 Å². The van der Waals surface area contributed by atoms with E-state index in [1.54, 1.807) is 36.0 Å². The Bertz CT molecular complexity index is 1320. The number of amides is 1. The molecule has 3 N–H and O–H groups in total. The van der Waals surface area contributed by atoms with Crippen molar-refractivity contribution in [3.63, 3.8) is 0 Å². The van der Waals surface area contributed by atoms with E-state index in [9.17, 15) is 9.18 Å². The summed E-state index contributed by atoms with van der Waals surface area (Å²) < 4.78 is 15.8. The van der Waals surface area contributed by atoms with Gasteiger partial charge in [0, 0.05) is 24.5 Å². The Morgan fingerprint density at radius 2 is 2.20 bits per heavy atom. The largest absolute Gasteiger partial charge is 0.324 e. The van der Waals surface area contributed by atoms with Gasteiger partial charge in [-0.05, 0) is 37.8 Å². The van der Waals surface area contributed by atoms with E-state index in [1.807, 2.05) is 6.08 Å². The van der Waals surface area contributed by atoms with Crippen molar-refractivity contribution in [3.05, 3.63) is 58.9 Å². The standard InChI is InChI=1S/C21H19FN6OS/c1-11-9-28-10-14(6-15(22)19(28)25-11)26-20(29)18-7-16-21(30-18)27-17(8-24-16)12-3-2-4-13(23)5-12/h5-10,13H,2-4,23H2,1H3,(H,26,29). The first kappa shape index (κ1) is 18.8. The van der Waals surface area contributed by atoms with Crippen LogP contribution in [-0.4, -0.2) is 31.3 Å². The summed E-state index contributed by atoms with van der Waals surface area (Å²) in [4.78, 5) is 27.1. The number of aromatic nitrogens is 4. The number of rotatable bonds is 3. The maximum atomic E-state index is 14.3. The Kier molecular flexibility index (Phi) is 4.56. The normalized spacial score (nSPS) is 16.8. The molecule has 7 nitrogen and oxygen atoms in total. The molecule has 9 heteroatoms. The molecule has 0 aliphatic heterocycles. The van der Waals surface area contributed by atoms with Crippen LogP contribution in [0.15, 0.2) is 36.8 Å². The van der Waals surface area contributed by atoms with Crippen molar-refractivity contribution in [2.45, 2.75) is 32.2 Å². The number of nitrogens with one attached hydrogen (secondary N) is 1. The van der Waals surface area contributed by atoms with E-state index in [2.05, 4.69) is 20.3 Å². The number of nitrogens with zero attached hydrogens (tertiary/aromatic N) is 4. The Balaban J connectivity index is 1.42. The fourth-order valence-corrected chi connectivity index (χ4v) is 4.57. The van der Waals surface area contributed by atoms with Gasteiger partial charge in [0.05, 0.1) is 28.1 Å². The number of thiophene rings is 1. The molecule has 4 aromatic rings. The molecule has 0 radical (unpaired) electrons. The first-order chi connectivity index (χ1) is 14.5. The van der Waals surface area contributed by atoms with E-state index in [1.165, 1.54) is 17.4 Å². The lowest BCUT2D eigenvalue weighted by atomic mass is 9.94. The van der Waals surface area contributed by atoms with Gasteiger partial charge in [-0.1, -0.05) is 6.08 Å². The van der Waals surface area contributed by atoms with Gasteiger partial charge in [0.2, 0.25) is 0 Å². The number of fused-ring (bicyclic) bond motifs is 2. The number of halogens is 1. The average Bonchev–Trinajstić information content (AvgIpc) is 3.30. The lowest BCUT2D eigenvalue weighted by Crippen LogP contribution is -2.20. The van der Waals surface area contributed by atoms with Crippen LogP contribution in [0.3, 0.4) is 0 Å². The van der Waals surface area contributed by atoms with Crippen LogP contribution in [-0.2, 0) is 0 Å².